The molecule has 2 aromatic heterocycles. The van der Waals surface area contributed by atoms with Gasteiger partial charge in [0.1, 0.15) is 11.6 Å². The lowest BCUT2D eigenvalue weighted by Gasteiger charge is -2.26. The fourth-order valence-electron chi connectivity index (χ4n) is 4.38. The number of carbonyl (C=O) groups excluding carboxylic acids is 1. The van der Waals surface area contributed by atoms with Crippen molar-refractivity contribution in [3.05, 3.63) is 82.5 Å². The van der Waals surface area contributed by atoms with E-state index in [2.05, 4.69) is 15.0 Å². The summed E-state index contributed by atoms with van der Waals surface area (Å²) in [5.41, 5.74) is 1.22. The number of carbonyl (C=O) groups is 1. The van der Waals surface area contributed by atoms with Gasteiger partial charge in [0.05, 0.1) is 11.9 Å². The predicted molar refractivity (Wildman–Crippen MR) is 137 cm³/mol. The standard InChI is InChI=1S/C24H17Cl2N7O3S/c1-24(9-14-2-4-15(5-3-14)16-11-29-20(10-27)30-12-16)22(34)32(19-7-17(25)6-18(26)8-19)23-31-13-21(33(23)24)37(28,35)36/h2-8,11-13H,9H2,1H3,(H2,28,35,36)/t24-/m1/s1. The number of fused-ring (bicyclic) bond motifs is 1. The van der Waals surface area contributed by atoms with E-state index in [1.807, 2.05) is 30.3 Å². The van der Waals surface area contributed by atoms with Gasteiger partial charge in [-0.15, -0.1) is 0 Å². The maximum absolute atomic E-state index is 13.9. The van der Waals surface area contributed by atoms with E-state index in [1.54, 1.807) is 31.5 Å². The predicted octanol–water partition coefficient (Wildman–Crippen LogP) is 3.80. The summed E-state index contributed by atoms with van der Waals surface area (Å²) >= 11 is 12.3. The second-order valence-corrected chi connectivity index (χ2v) is 11.0. The molecule has 0 saturated heterocycles. The lowest BCUT2D eigenvalue weighted by atomic mass is 9.91. The first kappa shape index (κ1) is 24.9. The number of amides is 1. The van der Waals surface area contributed by atoms with Crippen molar-refractivity contribution in [3.8, 4) is 17.2 Å². The summed E-state index contributed by atoms with van der Waals surface area (Å²) in [5.74, 6) is -0.273. The molecule has 1 atom stereocenters. The van der Waals surface area contributed by atoms with Crippen molar-refractivity contribution in [2.24, 2.45) is 5.14 Å². The number of nitrogens with zero attached hydrogens (tertiary/aromatic N) is 6. The molecule has 37 heavy (non-hydrogen) atoms. The molecule has 1 aliphatic rings. The highest BCUT2D eigenvalue weighted by Gasteiger charge is 2.51. The van der Waals surface area contributed by atoms with Crippen LogP contribution in [0, 0.1) is 11.3 Å². The number of rotatable bonds is 5. The van der Waals surface area contributed by atoms with Crippen LogP contribution in [-0.2, 0) is 26.8 Å². The van der Waals surface area contributed by atoms with E-state index >= 15 is 0 Å². The molecule has 0 radical (unpaired) electrons. The average Bonchev–Trinajstić information content (AvgIpc) is 3.37. The number of hydrogen-bond acceptors (Lipinski definition) is 7. The van der Waals surface area contributed by atoms with Gasteiger partial charge in [0.15, 0.2) is 5.03 Å². The Labute approximate surface area is 222 Å². The molecule has 0 unspecified atom stereocenters. The molecule has 186 valence electrons. The van der Waals surface area contributed by atoms with Crippen molar-refractivity contribution >= 4 is 50.8 Å². The van der Waals surface area contributed by atoms with Crippen molar-refractivity contribution < 1.29 is 13.2 Å². The Balaban J connectivity index is 1.57. The van der Waals surface area contributed by atoms with Gasteiger partial charge in [0.2, 0.25) is 11.8 Å². The Hall–Kier alpha value is -3.82. The molecule has 4 aromatic rings. The first-order valence-corrected chi connectivity index (χ1v) is 13.0. The lowest BCUT2D eigenvalue weighted by Crippen LogP contribution is -2.42. The first-order valence-electron chi connectivity index (χ1n) is 10.7. The van der Waals surface area contributed by atoms with Crippen LogP contribution in [0.25, 0.3) is 11.1 Å². The van der Waals surface area contributed by atoms with E-state index in [0.717, 1.165) is 17.3 Å². The fraction of sp³-hybridized carbons (Fsp3) is 0.125. The van der Waals surface area contributed by atoms with Gasteiger partial charge < -0.3 is 0 Å². The molecule has 1 amide bonds. The summed E-state index contributed by atoms with van der Waals surface area (Å²) in [5, 5.41) is 14.7. The van der Waals surface area contributed by atoms with E-state index in [-0.39, 0.29) is 23.2 Å². The zero-order valence-electron chi connectivity index (χ0n) is 19.1. The van der Waals surface area contributed by atoms with Crippen molar-refractivity contribution in [2.75, 3.05) is 4.90 Å². The minimum absolute atomic E-state index is 0.0698. The zero-order chi connectivity index (χ0) is 26.5. The maximum Gasteiger partial charge on any atom is 0.260 e. The van der Waals surface area contributed by atoms with Crippen LogP contribution >= 0.6 is 23.2 Å². The molecule has 0 bridgehead atoms. The average molecular weight is 554 g/mol. The number of benzene rings is 2. The van der Waals surface area contributed by atoms with Crippen molar-refractivity contribution in [1.29, 1.82) is 5.26 Å². The van der Waals surface area contributed by atoms with Gasteiger partial charge in [-0.1, -0.05) is 47.5 Å². The van der Waals surface area contributed by atoms with E-state index < -0.39 is 21.5 Å². The number of nitriles is 1. The Bertz CT molecular complexity index is 1680. The number of aromatic nitrogens is 4. The summed E-state index contributed by atoms with van der Waals surface area (Å²) in [4.78, 5) is 27.4. The molecule has 5 rings (SSSR count). The van der Waals surface area contributed by atoms with Gasteiger partial charge in [-0.25, -0.2) is 33.4 Å². The molecule has 10 nitrogen and oxygen atoms in total. The van der Waals surface area contributed by atoms with Crippen molar-refractivity contribution in [1.82, 2.24) is 19.5 Å². The van der Waals surface area contributed by atoms with Crippen LogP contribution in [0.5, 0.6) is 0 Å². The molecule has 0 fully saturated rings. The van der Waals surface area contributed by atoms with Crippen molar-refractivity contribution in [2.45, 2.75) is 23.9 Å². The molecule has 13 heteroatoms. The van der Waals surface area contributed by atoms with Crippen LogP contribution in [0.15, 0.2) is 66.1 Å². The molecule has 0 aliphatic carbocycles. The van der Waals surface area contributed by atoms with Gasteiger partial charge in [-0.05, 0) is 36.2 Å². The third kappa shape index (κ3) is 4.34. The number of sulfonamides is 1. The zero-order valence-corrected chi connectivity index (χ0v) is 21.5. The molecular formula is C24H17Cl2N7O3S. The minimum atomic E-state index is -4.21. The van der Waals surface area contributed by atoms with Gasteiger partial charge in [-0.3, -0.25) is 9.36 Å². The minimum Gasteiger partial charge on any atom is -0.284 e. The van der Waals surface area contributed by atoms with Crippen molar-refractivity contribution in [3.63, 3.8) is 0 Å². The highest BCUT2D eigenvalue weighted by molar-refractivity contribution is 7.89. The smallest absolute Gasteiger partial charge is 0.260 e. The summed E-state index contributed by atoms with van der Waals surface area (Å²) in [6.07, 6.45) is 4.36. The number of hydrogen-bond donors (Lipinski definition) is 1. The Kier molecular flexibility index (Phi) is 6.00. The van der Waals surface area contributed by atoms with Gasteiger partial charge in [0, 0.05) is 34.4 Å². The van der Waals surface area contributed by atoms with Crippen LogP contribution in [0.4, 0.5) is 11.6 Å². The number of nitrogens with two attached hydrogens (primary N) is 1. The summed E-state index contributed by atoms with van der Waals surface area (Å²) in [6, 6.07) is 13.8. The Morgan fingerprint density at radius 3 is 2.19 bits per heavy atom. The number of anilines is 2. The molecule has 1 aliphatic heterocycles. The summed E-state index contributed by atoms with van der Waals surface area (Å²) in [7, 11) is -4.21. The van der Waals surface area contributed by atoms with Gasteiger partial charge in [-0.2, -0.15) is 5.26 Å². The first-order chi connectivity index (χ1) is 17.5. The summed E-state index contributed by atoms with van der Waals surface area (Å²) in [6.45, 7) is 1.63. The molecular weight excluding hydrogens is 537 g/mol. The third-order valence-electron chi connectivity index (χ3n) is 6.05. The van der Waals surface area contributed by atoms with Crippen LogP contribution in [-0.4, -0.2) is 33.8 Å². The number of imidazole rings is 1. The second kappa shape index (κ2) is 8.93. The molecule has 0 saturated carbocycles. The van der Waals surface area contributed by atoms with E-state index in [1.165, 1.54) is 15.5 Å². The normalized spacial score (nSPS) is 17.1. The monoisotopic (exact) mass is 553 g/mol. The van der Waals surface area contributed by atoms with E-state index in [4.69, 9.17) is 33.6 Å². The fourth-order valence-corrected chi connectivity index (χ4v) is 5.63. The molecule has 2 aromatic carbocycles. The van der Waals surface area contributed by atoms with Crippen LogP contribution in [0.2, 0.25) is 10.0 Å². The van der Waals surface area contributed by atoms with Crippen LogP contribution in [0.1, 0.15) is 18.3 Å². The highest BCUT2D eigenvalue weighted by atomic mass is 35.5. The maximum atomic E-state index is 13.9. The van der Waals surface area contributed by atoms with E-state index in [0.29, 0.717) is 21.3 Å². The topological polar surface area (TPSA) is 148 Å². The molecule has 3 heterocycles. The van der Waals surface area contributed by atoms with Gasteiger partial charge in [0.25, 0.3) is 15.9 Å². The van der Waals surface area contributed by atoms with Gasteiger partial charge >= 0.3 is 0 Å². The molecule has 2 N–H and O–H groups in total. The Morgan fingerprint density at radius 2 is 1.62 bits per heavy atom. The number of primary sulfonamides is 1. The van der Waals surface area contributed by atoms with E-state index in [9.17, 15) is 13.2 Å². The number of halogens is 2. The Morgan fingerprint density at radius 1 is 1.00 bits per heavy atom. The summed E-state index contributed by atoms with van der Waals surface area (Å²) < 4.78 is 26.2. The largest absolute Gasteiger partial charge is 0.284 e. The van der Waals surface area contributed by atoms with Crippen LogP contribution < -0.4 is 10.0 Å². The molecule has 0 spiro atoms. The lowest BCUT2D eigenvalue weighted by molar-refractivity contribution is -0.124. The second-order valence-electron chi connectivity index (χ2n) is 8.60. The quantitative estimate of drug-likeness (QED) is 0.395. The SMILES string of the molecule is C[C@@]1(Cc2ccc(-c3cnc(C#N)nc3)cc2)C(=O)N(c2cc(Cl)cc(Cl)c2)c2ncc(S(N)(=O)=O)n21. The third-order valence-corrected chi connectivity index (χ3v) is 7.36. The highest BCUT2D eigenvalue weighted by Crippen LogP contribution is 2.44. The van der Waals surface area contributed by atoms with Crippen LogP contribution in [0.3, 0.4) is 0 Å².